The summed E-state index contributed by atoms with van der Waals surface area (Å²) in [6.45, 7) is 4.94. The van der Waals surface area contributed by atoms with Crippen molar-refractivity contribution in [1.82, 2.24) is 10.6 Å². The molecule has 0 aromatic heterocycles. The quantitative estimate of drug-likeness (QED) is 0.355. The molecule has 28 heavy (non-hydrogen) atoms. The Hall–Kier alpha value is -2.70. The lowest BCUT2D eigenvalue weighted by atomic mass is 10.0. The number of halogens is 1. The SMILES string of the molecule is C=CCCCCCC[C@@H](NC(=O)[C@H](Cc1ccc(F)cc1)NC(C)=O)C(=O)O. The van der Waals surface area contributed by atoms with Crippen LogP contribution in [-0.2, 0) is 20.8 Å². The molecule has 1 aromatic carbocycles. The standard InChI is InChI=1S/C21H29FN2O4/c1-3-4-5-6-7-8-9-18(21(27)28)24-20(26)19(23-15(2)25)14-16-10-12-17(22)13-11-16/h3,10-13,18-19H,1,4-9,14H2,2H3,(H,23,25)(H,24,26)(H,27,28)/t18-,19+/m1/s1. The van der Waals surface area contributed by atoms with Crippen molar-refractivity contribution < 1.29 is 23.9 Å². The van der Waals surface area contributed by atoms with Gasteiger partial charge in [0.05, 0.1) is 0 Å². The maximum atomic E-state index is 13.1. The number of carbonyl (C=O) groups excluding carboxylic acids is 2. The van der Waals surface area contributed by atoms with Gasteiger partial charge in [-0.05, 0) is 37.0 Å². The molecule has 7 heteroatoms. The van der Waals surface area contributed by atoms with Crippen molar-refractivity contribution in [3.8, 4) is 0 Å². The van der Waals surface area contributed by atoms with Gasteiger partial charge in [0.2, 0.25) is 11.8 Å². The molecule has 0 heterocycles. The molecule has 0 radical (unpaired) electrons. The highest BCUT2D eigenvalue weighted by atomic mass is 19.1. The smallest absolute Gasteiger partial charge is 0.326 e. The molecule has 0 unspecified atom stereocenters. The summed E-state index contributed by atoms with van der Waals surface area (Å²) >= 11 is 0. The average Bonchev–Trinajstić information content (AvgIpc) is 2.64. The van der Waals surface area contributed by atoms with Gasteiger partial charge in [-0.15, -0.1) is 6.58 Å². The number of rotatable bonds is 13. The molecule has 0 aliphatic carbocycles. The summed E-state index contributed by atoms with van der Waals surface area (Å²) < 4.78 is 13.1. The highest BCUT2D eigenvalue weighted by Crippen LogP contribution is 2.10. The Kier molecular flexibility index (Phi) is 10.5. The van der Waals surface area contributed by atoms with E-state index in [9.17, 15) is 23.9 Å². The van der Waals surface area contributed by atoms with E-state index in [-0.39, 0.29) is 6.42 Å². The van der Waals surface area contributed by atoms with Gasteiger partial charge in [-0.25, -0.2) is 9.18 Å². The van der Waals surface area contributed by atoms with Gasteiger partial charge in [-0.1, -0.05) is 37.5 Å². The Bertz CT molecular complexity index is 661. The van der Waals surface area contributed by atoms with Crippen molar-refractivity contribution in [1.29, 1.82) is 0 Å². The number of hydrogen-bond acceptors (Lipinski definition) is 3. The molecule has 0 saturated carbocycles. The van der Waals surface area contributed by atoms with Gasteiger partial charge >= 0.3 is 5.97 Å². The fourth-order valence-electron chi connectivity index (χ4n) is 2.83. The molecule has 0 aliphatic rings. The topological polar surface area (TPSA) is 95.5 Å². The number of carbonyl (C=O) groups is 3. The van der Waals surface area contributed by atoms with Crippen LogP contribution in [0.3, 0.4) is 0 Å². The number of benzene rings is 1. The van der Waals surface area contributed by atoms with Crippen LogP contribution in [0.2, 0.25) is 0 Å². The molecule has 1 aromatic rings. The summed E-state index contributed by atoms with van der Waals surface area (Å²) in [5.41, 5.74) is 0.657. The molecule has 0 aliphatic heterocycles. The van der Waals surface area contributed by atoms with E-state index in [4.69, 9.17) is 0 Å². The van der Waals surface area contributed by atoms with Gasteiger partial charge in [0.15, 0.2) is 0 Å². The van der Waals surface area contributed by atoms with E-state index in [0.29, 0.717) is 18.4 Å². The summed E-state index contributed by atoms with van der Waals surface area (Å²) in [5.74, 6) is -2.49. The van der Waals surface area contributed by atoms with Crippen LogP contribution in [0.15, 0.2) is 36.9 Å². The summed E-state index contributed by atoms with van der Waals surface area (Å²) in [5, 5.41) is 14.4. The fraction of sp³-hybridized carbons (Fsp3) is 0.476. The van der Waals surface area contributed by atoms with Crippen LogP contribution in [0.4, 0.5) is 4.39 Å². The van der Waals surface area contributed by atoms with E-state index >= 15 is 0 Å². The minimum Gasteiger partial charge on any atom is -0.480 e. The van der Waals surface area contributed by atoms with E-state index in [1.807, 2.05) is 6.08 Å². The molecule has 0 spiro atoms. The Balaban J connectivity index is 2.65. The zero-order valence-electron chi connectivity index (χ0n) is 16.2. The van der Waals surface area contributed by atoms with Crippen LogP contribution < -0.4 is 10.6 Å². The molecule has 6 nitrogen and oxygen atoms in total. The largest absolute Gasteiger partial charge is 0.480 e. The first-order valence-corrected chi connectivity index (χ1v) is 9.49. The monoisotopic (exact) mass is 392 g/mol. The van der Waals surface area contributed by atoms with Crippen molar-refractivity contribution in [2.75, 3.05) is 0 Å². The summed E-state index contributed by atoms with van der Waals surface area (Å²) in [4.78, 5) is 35.5. The zero-order chi connectivity index (χ0) is 20.9. The Morgan fingerprint density at radius 3 is 2.29 bits per heavy atom. The molecular weight excluding hydrogens is 363 g/mol. The van der Waals surface area contributed by atoms with Gasteiger partial charge in [0.25, 0.3) is 0 Å². The summed E-state index contributed by atoms with van der Waals surface area (Å²) in [6.07, 6.45) is 6.78. The molecule has 2 atom stereocenters. The number of carboxylic acids is 1. The molecule has 3 N–H and O–H groups in total. The van der Waals surface area contributed by atoms with Crippen molar-refractivity contribution in [3.63, 3.8) is 0 Å². The molecule has 154 valence electrons. The van der Waals surface area contributed by atoms with E-state index in [1.165, 1.54) is 31.2 Å². The normalized spacial score (nSPS) is 12.6. The summed E-state index contributed by atoms with van der Waals surface area (Å²) in [7, 11) is 0. The predicted molar refractivity (Wildman–Crippen MR) is 105 cm³/mol. The molecule has 1 rings (SSSR count). The minimum absolute atomic E-state index is 0.138. The van der Waals surface area contributed by atoms with Crippen LogP contribution in [0, 0.1) is 5.82 Å². The molecule has 0 saturated heterocycles. The summed E-state index contributed by atoms with van der Waals surface area (Å²) in [6, 6.07) is 3.63. The van der Waals surface area contributed by atoms with Crippen LogP contribution in [0.1, 0.15) is 51.0 Å². The van der Waals surface area contributed by atoms with E-state index in [0.717, 1.165) is 25.7 Å². The van der Waals surface area contributed by atoms with E-state index < -0.39 is 35.7 Å². The lowest BCUT2D eigenvalue weighted by molar-refractivity contribution is -0.142. The Morgan fingerprint density at radius 1 is 1.07 bits per heavy atom. The highest BCUT2D eigenvalue weighted by Gasteiger charge is 2.25. The number of unbranched alkanes of at least 4 members (excludes halogenated alkanes) is 4. The van der Waals surface area contributed by atoms with E-state index in [1.54, 1.807) is 0 Å². The number of nitrogens with one attached hydrogen (secondary N) is 2. The van der Waals surface area contributed by atoms with Crippen LogP contribution in [0.5, 0.6) is 0 Å². The highest BCUT2D eigenvalue weighted by molar-refractivity contribution is 5.90. The lowest BCUT2D eigenvalue weighted by Crippen LogP contribution is -2.52. The zero-order valence-corrected chi connectivity index (χ0v) is 16.2. The van der Waals surface area contributed by atoms with Crippen LogP contribution >= 0.6 is 0 Å². The maximum Gasteiger partial charge on any atom is 0.326 e. The van der Waals surface area contributed by atoms with Crippen molar-refractivity contribution in [2.24, 2.45) is 0 Å². The second-order valence-corrected chi connectivity index (χ2v) is 6.76. The first kappa shape index (κ1) is 23.3. The number of allylic oxidation sites excluding steroid dienone is 1. The van der Waals surface area contributed by atoms with Crippen molar-refractivity contribution >= 4 is 17.8 Å². The fourth-order valence-corrected chi connectivity index (χ4v) is 2.83. The minimum atomic E-state index is -1.11. The second-order valence-electron chi connectivity index (χ2n) is 6.76. The third-order valence-electron chi connectivity index (χ3n) is 4.31. The first-order valence-electron chi connectivity index (χ1n) is 9.49. The van der Waals surface area contributed by atoms with Gasteiger partial charge in [-0.2, -0.15) is 0 Å². The first-order chi connectivity index (χ1) is 13.3. The van der Waals surface area contributed by atoms with Gasteiger partial charge in [0.1, 0.15) is 17.9 Å². The molecule has 0 fully saturated rings. The molecule has 0 bridgehead atoms. The van der Waals surface area contributed by atoms with Gasteiger partial charge < -0.3 is 15.7 Å². The Labute approximate surface area is 165 Å². The third kappa shape index (κ3) is 9.30. The van der Waals surface area contributed by atoms with Gasteiger partial charge in [0, 0.05) is 13.3 Å². The number of hydrogen-bond donors (Lipinski definition) is 3. The second kappa shape index (κ2) is 12.6. The third-order valence-corrected chi connectivity index (χ3v) is 4.31. The maximum absolute atomic E-state index is 13.1. The van der Waals surface area contributed by atoms with Crippen molar-refractivity contribution in [3.05, 3.63) is 48.3 Å². The van der Waals surface area contributed by atoms with E-state index in [2.05, 4.69) is 17.2 Å². The van der Waals surface area contributed by atoms with Crippen molar-refractivity contribution in [2.45, 2.75) is 64.0 Å². The van der Waals surface area contributed by atoms with Crippen LogP contribution in [0.25, 0.3) is 0 Å². The predicted octanol–water partition coefficient (Wildman–Crippen LogP) is 2.97. The van der Waals surface area contributed by atoms with Crippen LogP contribution in [-0.4, -0.2) is 35.0 Å². The number of carboxylic acid groups (broad SMARTS) is 1. The Morgan fingerprint density at radius 2 is 1.71 bits per heavy atom. The molecule has 2 amide bonds. The molecular formula is C21H29FN2O4. The number of amides is 2. The number of aliphatic carboxylic acids is 1. The van der Waals surface area contributed by atoms with Gasteiger partial charge in [-0.3, -0.25) is 9.59 Å². The average molecular weight is 392 g/mol. The lowest BCUT2D eigenvalue weighted by Gasteiger charge is -2.21.